The maximum Gasteiger partial charge on any atom is 0.171 e. The number of amidine groups is 1. The molecular weight excluding hydrogens is 497 g/mol. The first-order chi connectivity index (χ1) is 18.8. The van der Waals surface area contributed by atoms with Crippen LogP contribution in [0.5, 0.6) is 17.2 Å². The number of nitrogen functional groups attached to an aromatic ring is 1. The minimum Gasteiger partial charge on any atom is -0.493 e. The number of aromatic nitrogens is 2. The van der Waals surface area contributed by atoms with Crippen LogP contribution in [-0.4, -0.2) is 35.1 Å². The largest absolute Gasteiger partial charge is 0.493 e. The number of benzene rings is 3. The van der Waals surface area contributed by atoms with Gasteiger partial charge in [-0.1, -0.05) is 0 Å². The number of anilines is 1. The van der Waals surface area contributed by atoms with Crippen molar-refractivity contribution in [3.8, 4) is 39.9 Å². The molecule has 0 fully saturated rings. The van der Waals surface area contributed by atoms with Gasteiger partial charge in [0, 0.05) is 35.3 Å². The van der Waals surface area contributed by atoms with Crippen molar-refractivity contribution in [2.75, 3.05) is 18.5 Å². The first-order valence-corrected chi connectivity index (χ1v) is 13.0. The number of H-pyrrole nitrogens is 1. The quantitative estimate of drug-likeness (QED) is 0.150. The molecule has 0 atom stereocenters. The molecule has 0 saturated heterocycles. The lowest BCUT2D eigenvalue weighted by Gasteiger charge is -2.20. The molecule has 5 N–H and O–H groups in total. The fraction of sp³-hybridized carbons (Fsp3) is 0.267. The van der Waals surface area contributed by atoms with E-state index >= 15 is 4.39 Å². The number of nitrogens with one attached hydrogen (secondary N) is 3. The molecule has 0 unspecified atom stereocenters. The number of fused-ring (bicyclic) bond motifs is 1. The molecular formula is C30H32FN5O3. The summed E-state index contributed by atoms with van der Waals surface area (Å²) in [4.78, 5) is 7.94. The first kappa shape index (κ1) is 26.1. The number of hydrogen-bond acceptors (Lipinski definition) is 6. The number of imidazole rings is 1. The normalized spacial score (nSPS) is 12.2. The number of nitrogens with two attached hydrogens (primary N) is 1. The molecule has 4 aromatic rings. The molecule has 1 aliphatic rings. The summed E-state index contributed by atoms with van der Waals surface area (Å²) in [6.07, 6.45) is 2.33. The van der Waals surface area contributed by atoms with Gasteiger partial charge in [0.2, 0.25) is 0 Å². The van der Waals surface area contributed by atoms with E-state index in [1.165, 1.54) is 0 Å². The molecule has 202 valence electrons. The van der Waals surface area contributed by atoms with E-state index in [1.54, 1.807) is 36.5 Å². The van der Waals surface area contributed by atoms with Crippen molar-refractivity contribution in [2.45, 2.75) is 39.8 Å². The Morgan fingerprint density at radius 3 is 2.72 bits per heavy atom. The van der Waals surface area contributed by atoms with Gasteiger partial charge in [-0.15, -0.1) is 0 Å². The number of hydrogen-bond donors (Lipinski definition) is 4. The molecule has 1 aliphatic heterocycles. The zero-order valence-corrected chi connectivity index (χ0v) is 22.2. The lowest BCUT2D eigenvalue weighted by molar-refractivity contribution is 0.229. The van der Waals surface area contributed by atoms with Crippen molar-refractivity contribution in [3.63, 3.8) is 0 Å². The van der Waals surface area contributed by atoms with Crippen LogP contribution >= 0.6 is 0 Å². The second kappa shape index (κ2) is 11.1. The van der Waals surface area contributed by atoms with E-state index in [4.69, 9.17) is 25.4 Å². The Bertz CT molecular complexity index is 1500. The molecule has 0 radical (unpaired) electrons. The number of rotatable bonds is 10. The molecule has 0 aliphatic carbocycles. The maximum absolute atomic E-state index is 16.0. The predicted molar refractivity (Wildman–Crippen MR) is 150 cm³/mol. The number of halogens is 1. The van der Waals surface area contributed by atoms with Crippen LogP contribution in [0.25, 0.3) is 22.6 Å². The summed E-state index contributed by atoms with van der Waals surface area (Å²) in [6, 6.07) is 14.8. The van der Waals surface area contributed by atoms with Crippen molar-refractivity contribution in [3.05, 3.63) is 77.2 Å². The average molecular weight is 530 g/mol. The molecule has 1 aromatic heterocycles. The third-order valence-electron chi connectivity index (χ3n) is 6.41. The van der Waals surface area contributed by atoms with Gasteiger partial charge in [0.1, 0.15) is 28.7 Å². The van der Waals surface area contributed by atoms with E-state index < -0.39 is 5.82 Å². The highest BCUT2D eigenvalue weighted by atomic mass is 19.1. The van der Waals surface area contributed by atoms with Gasteiger partial charge in [0.05, 0.1) is 31.2 Å². The maximum atomic E-state index is 16.0. The van der Waals surface area contributed by atoms with Gasteiger partial charge < -0.3 is 30.2 Å². The van der Waals surface area contributed by atoms with Crippen LogP contribution in [0.15, 0.2) is 54.7 Å². The van der Waals surface area contributed by atoms with Gasteiger partial charge >= 0.3 is 0 Å². The number of nitrogens with zero attached hydrogens (tertiary/aromatic N) is 1. The van der Waals surface area contributed by atoms with Gasteiger partial charge in [-0.3, -0.25) is 5.41 Å². The summed E-state index contributed by atoms with van der Waals surface area (Å²) in [7, 11) is 0. The lowest BCUT2D eigenvalue weighted by atomic mass is 10.1. The average Bonchev–Trinajstić information content (AvgIpc) is 3.59. The third kappa shape index (κ3) is 5.52. The summed E-state index contributed by atoms with van der Waals surface area (Å²) >= 11 is 0. The van der Waals surface area contributed by atoms with E-state index in [1.807, 2.05) is 32.9 Å². The first-order valence-electron chi connectivity index (χ1n) is 13.0. The molecule has 8 nitrogen and oxygen atoms in total. The van der Waals surface area contributed by atoms with Gasteiger partial charge in [-0.05, 0) is 74.9 Å². The summed E-state index contributed by atoms with van der Waals surface area (Å²) in [5.41, 5.74) is 10.7. The van der Waals surface area contributed by atoms with E-state index in [9.17, 15) is 0 Å². The van der Waals surface area contributed by atoms with Crippen LogP contribution in [0.3, 0.4) is 0 Å². The highest BCUT2D eigenvalue weighted by molar-refractivity contribution is 5.95. The van der Waals surface area contributed by atoms with E-state index in [-0.39, 0.29) is 24.2 Å². The summed E-state index contributed by atoms with van der Waals surface area (Å²) < 4.78 is 33.7. The lowest BCUT2D eigenvalue weighted by Crippen LogP contribution is -2.13. The van der Waals surface area contributed by atoms with Crippen molar-refractivity contribution in [2.24, 2.45) is 5.73 Å². The van der Waals surface area contributed by atoms with Crippen molar-refractivity contribution < 1.29 is 18.6 Å². The third-order valence-corrected chi connectivity index (χ3v) is 6.41. The molecule has 5 rings (SSSR count). The highest BCUT2D eigenvalue weighted by Crippen LogP contribution is 2.42. The SMILES string of the molecule is CCOc1cc(CNc2ccc(C(=N)N)cc2)c(F)c(OC(C)C)c1-c1ncc(-c2ccc3c(c2)CCO3)[nH]1. The highest BCUT2D eigenvalue weighted by Gasteiger charge is 2.25. The molecule has 0 saturated carbocycles. The summed E-state index contributed by atoms with van der Waals surface area (Å²) in [5.74, 6) is 1.43. The minimum absolute atomic E-state index is 0.00807. The number of ether oxygens (including phenoxy) is 3. The minimum atomic E-state index is -0.484. The van der Waals surface area contributed by atoms with Crippen LogP contribution in [0.1, 0.15) is 37.5 Å². The Hall–Kier alpha value is -4.53. The monoisotopic (exact) mass is 529 g/mol. The summed E-state index contributed by atoms with van der Waals surface area (Å²) in [6.45, 7) is 6.85. The van der Waals surface area contributed by atoms with Crippen LogP contribution in [0.4, 0.5) is 10.1 Å². The molecule has 2 heterocycles. The Morgan fingerprint density at radius 2 is 2.00 bits per heavy atom. The topological polar surface area (TPSA) is 118 Å². The number of aromatic amines is 1. The van der Waals surface area contributed by atoms with Crippen LogP contribution < -0.4 is 25.3 Å². The predicted octanol–water partition coefficient (Wildman–Crippen LogP) is 5.90. The molecule has 0 spiro atoms. The zero-order chi connectivity index (χ0) is 27.5. The Morgan fingerprint density at radius 1 is 1.21 bits per heavy atom. The van der Waals surface area contributed by atoms with E-state index in [0.29, 0.717) is 41.5 Å². The second-order valence-corrected chi connectivity index (χ2v) is 9.56. The van der Waals surface area contributed by atoms with Gasteiger partial charge in [-0.2, -0.15) is 0 Å². The molecule has 0 bridgehead atoms. The van der Waals surface area contributed by atoms with E-state index in [2.05, 4.69) is 21.4 Å². The Kier molecular flexibility index (Phi) is 7.40. The fourth-order valence-corrected chi connectivity index (χ4v) is 4.54. The summed E-state index contributed by atoms with van der Waals surface area (Å²) in [5, 5.41) is 10.8. The molecule has 0 amide bonds. The Labute approximate surface area is 226 Å². The van der Waals surface area contributed by atoms with Crippen molar-refractivity contribution >= 4 is 11.5 Å². The van der Waals surface area contributed by atoms with Crippen molar-refractivity contribution in [1.29, 1.82) is 5.41 Å². The molecule has 39 heavy (non-hydrogen) atoms. The van der Waals surface area contributed by atoms with Crippen molar-refractivity contribution in [1.82, 2.24) is 9.97 Å². The second-order valence-electron chi connectivity index (χ2n) is 9.56. The molecule has 9 heteroatoms. The fourth-order valence-electron chi connectivity index (χ4n) is 4.54. The standard InChI is InChI=1S/C30H32FN5O3/c1-4-37-25-14-21(15-34-22-8-5-18(6-9-22)29(32)33)27(31)28(39-17(2)3)26(25)30-35-16-23(36-30)19-7-10-24-20(13-19)11-12-38-24/h5-10,13-14,16-17,34H,4,11-12,15H2,1-3H3,(H3,32,33)(H,35,36). The van der Waals surface area contributed by atoms with Crippen LogP contribution in [-0.2, 0) is 13.0 Å². The van der Waals surface area contributed by atoms with Gasteiger partial charge in [0.25, 0.3) is 0 Å². The van der Waals surface area contributed by atoms with E-state index in [0.717, 1.165) is 34.7 Å². The van der Waals surface area contributed by atoms with Crippen LogP contribution in [0, 0.1) is 11.2 Å². The molecule has 3 aromatic carbocycles. The van der Waals surface area contributed by atoms with Gasteiger partial charge in [-0.25, -0.2) is 9.37 Å². The smallest absolute Gasteiger partial charge is 0.171 e. The van der Waals surface area contributed by atoms with Gasteiger partial charge in [0.15, 0.2) is 11.6 Å². The zero-order valence-electron chi connectivity index (χ0n) is 22.2. The Balaban J connectivity index is 1.51. The van der Waals surface area contributed by atoms with Crippen LogP contribution in [0.2, 0.25) is 0 Å².